The molecule has 1 aliphatic heterocycles. The fourth-order valence-corrected chi connectivity index (χ4v) is 1.76. The molecular weight excluding hydrogens is 188 g/mol. The van der Waals surface area contributed by atoms with Gasteiger partial charge in [0.25, 0.3) is 5.91 Å². The summed E-state index contributed by atoms with van der Waals surface area (Å²) >= 11 is 0. The number of hydrogen-bond acceptors (Lipinski definition) is 2. The molecule has 0 radical (unpaired) electrons. The first kappa shape index (κ1) is 11.8. The molecule has 0 spiro atoms. The van der Waals surface area contributed by atoms with E-state index in [9.17, 15) is 4.79 Å². The van der Waals surface area contributed by atoms with E-state index >= 15 is 0 Å². The molecule has 1 aliphatic rings. The largest absolute Gasteiger partial charge is 0.338 e. The number of nitriles is 1. The van der Waals surface area contributed by atoms with Crippen LogP contribution in [-0.4, -0.2) is 23.9 Å². The fraction of sp³-hybridized carbons (Fsp3) is 0.667. The highest BCUT2D eigenvalue weighted by molar-refractivity contribution is 5.97. The van der Waals surface area contributed by atoms with Crippen molar-refractivity contribution < 1.29 is 4.79 Å². The van der Waals surface area contributed by atoms with E-state index in [1.165, 1.54) is 6.42 Å². The van der Waals surface area contributed by atoms with Crippen LogP contribution in [-0.2, 0) is 4.79 Å². The average molecular weight is 206 g/mol. The number of carbonyl (C=O) groups is 1. The number of rotatable bonds is 2. The van der Waals surface area contributed by atoms with Crippen LogP contribution in [0.15, 0.2) is 11.6 Å². The van der Waals surface area contributed by atoms with Crippen molar-refractivity contribution in [1.82, 2.24) is 4.90 Å². The van der Waals surface area contributed by atoms with Crippen LogP contribution in [0.5, 0.6) is 0 Å². The normalized spacial score (nSPS) is 17.7. The summed E-state index contributed by atoms with van der Waals surface area (Å²) in [4.78, 5) is 13.7. The van der Waals surface area contributed by atoms with Crippen molar-refractivity contribution in [3.63, 3.8) is 0 Å². The lowest BCUT2D eigenvalue weighted by molar-refractivity contribution is -0.127. The molecule has 0 unspecified atom stereocenters. The van der Waals surface area contributed by atoms with Gasteiger partial charge in [-0.15, -0.1) is 0 Å². The Morgan fingerprint density at radius 2 is 1.93 bits per heavy atom. The summed E-state index contributed by atoms with van der Waals surface area (Å²) in [6, 6.07) is 2.00. The summed E-state index contributed by atoms with van der Waals surface area (Å²) in [5.41, 5.74) is 0.298. The lowest BCUT2D eigenvalue weighted by atomic mass is 10.1. The van der Waals surface area contributed by atoms with Crippen molar-refractivity contribution in [2.24, 2.45) is 5.92 Å². The first-order chi connectivity index (χ1) is 7.15. The highest BCUT2D eigenvalue weighted by Crippen LogP contribution is 2.13. The lowest BCUT2D eigenvalue weighted by Crippen LogP contribution is -2.36. The second-order valence-electron chi connectivity index (χ2n) is 4.29. The van der Waals surface area contributed by atoms with Crippen LogP contribution in [0.25, 0.3) is 0 Å². The van der Waals surface area contributed by atoms with E-state index < -0.39 is 0 Å². The molecule has 3 nitrogen and oxygen atoms in total. The standard InChI is InChI=1S/C12H18N2O/c1-10(2)8-11(9-13)12(15)14-6-4-3-5-7-14/h8,10H,3-7H2,1-2H3. The zero-order chi connectivity index (χ0) is 11.3. The average Bonchev–Trinajstić information content (AvgIpc) is 2.26. The minimum Gasteiger partial charge on any atom is -0.338 e. The van der Waals surface area contributed by atoms with Crippen LogP contribution >= 0.6 is 0 Å². The number of allylic oxidation sites excluding steroid dienone is 1. The molecule has 1 rings (SSSR count). The minimum absolute atomic E-state index is 0.0918. The molecule has 0 saturated carbocycles. The van der Waals surface area contributed by atoms with E-state index in [4.69, 9.17) is 5.26 Å². The van der Waals surface area contributed by atoms with Crippen LogP contribution in [0, 0.1) is 17.2 Å². The predicted octanol–water partition coefficient (Wildman–Crippen LogP) is 2.10. The molecule has 0 bridgehead atoms. The van der Waals surface area contributed by atoms with E-state index in [-0.39, 0.29) is 11.8 Å². The molecule has 1 saturated heterocycles. The molecular formula is C12H18N2O. The third kappa shape index (κ3) is 3.39. The number of hydrogen-bond donors (Lipinski definition) is 0. The summed E-state index contributed by atoms with van der Waals surface area (Å²) in [5.74, 6) is 0.152. The third-order valence-corrected chi connectivity index (χ3v) is 2.49. The van der Waals surface area contributed by atoms with Gasteiger partial charge in [0.15, 0.2) is 0 Å². The van der Waals surface area contributed by atoms with Crippen molar-refractivity contribution in [3.05, 3.63) is 11.6 Å². The van der Waals surface area contributed by atoms with E-state index in [0.717, 1.165) is 25.9 Å². The molecule has 0 aromatic rings. The van der Waals surface area contributed by atoms with Crippen molar-refractivity contribution in [3.8, 4) is 6.07 Å². The topological polar surface area (TPSA) is 44.1 Å². The molecule has 0 aliphatic carbocycles. The fourth-order valence-electron chi connectivity index (χ4n) is 1.76. The van der Waals surface area contributed by atoms with E-state index in [1.54, 1.807) is 11.0 Å². The molecule has 15 heavy (non-hydrogen) atoms. The van der Waals surface area contributed by atoms with Gasteiger partial charge in [0, 0.05) is 13.1 Å². The second kappa shape index (κ2) is 5.55. The number of piperidine rings is 1. The SMILES string of the molecule is CC(C)C=C(C#N)C(=O)N1CCCCC1. The van der Waals surface area contributed by atoms with Gasteiger partial charge < -0.3 is 4.90 Å². The summed E-state index contributed by atoms with van der Waals surface area (Å²) in [5, 5.41) is 8.91. The zero-order valence-electron chi connectivity index (χ0n) is 9.49. The van der Waals surface area contributed by atoms with Crippen molar-refractivity contribution in [2.75, 3.05) is 13.1 Å². The molecule has 0 N–H and O–H groups in total. The van der Waals surface area contributed by atoms with Crippen LogP contribution < -0.4 is 0 Å². The van der Waals surface area contributed by atoms with Crippen LogP contribution in [0.4, 0.5) is 0 Å². The Morgan fingerprint density at radius 1 is 1.33 bits per heavy atom. The van der Waals surface area contributed by atoms with Crippen molar-refractivity contribution in [1.29, 1.82) is 5.26 Å². The van der Waals surface area contributed by atoms with Gasteiger partial charge in [0.05, 0.1) is 0 Å². The Morgan fingerprint density at radius 3 is 2.40 bits per heavy atom. The first-order valence-corrected chi connectivity index (χ1v) is 5.56. The third-order valence-electron chi connectivity index (χ3n) is 2.49. The summed E-state index contributed by atoms with van der Waals surface area (Å²) in [6.45, 7) is 5.55. The quantitative estimate of drug-likeness (QED) is 0.513. The van der Waals surface area contributed by atoms with Gasteiger partial charge in [-0.05, 0) is 25.2 Å². The first-order valence-electron chi connectivity index (χ1n) is 5.56. The maximum atomic E-state index is 11.9. The van der Waals surface area contributed by atoms with Crippen molar-refractivity contribution >= 4 is 5.91 Å². The van der Waals surface area contributed by atoms with Gasteiger partial charge in [-0.1, -0.05) is 19.9 Å². The molecule has 3 heteroatoms. The van der Waals surface area contributed by atoms with Crippen LogP contribution in [0.3, 0.4) is 0 Å². The molecule has 0 aromatic heterocycles. The maximum absolute atomic E-state index is 11.9. The van der Waals surface area contributed by atoms with Gasteiger partial charge in [-0.2, -0.15) is 5.26 Å². The number of likely N-dealkylation sites (tertiary alicyclic amines) is 1. The van der Waals surface area contributed by atoms with E-state index in [2.05, 4.69) is 0 Å². The van der Waals surface area contributed by atoms with Gasteiger partial charge in [-0.25, -0.2) is 0 Å². The maximum Gasteiger partial charge on any atom is 0.264 e. The number of amides is 1. The highest BCUT2D eigenvalue weighted by Gasteiger charge is 2.19. The molecule has 82 valence electrons. The smallest absolute Gasteiger partial charge is 0.264 e. The molecule has 1 amide bonds. The van der Waals surface area contributed by atoms with Crippen LogP contribution in [0.1, 0.15) is 33.1 Å². The summed E-state index contributed by atoms with van der Waals surface area (Å²) in [7, 11) is 0. The number of carbonyl (C=O) groups excluding carboxylic acids is 1. The Bertz CT molecular complexity index is 293. The van der Waals surface area contributed by atoms with Crippen molar-refractivity contribution in [2.45, 2.75) is 33.1 Å². The molecule has 0 aromatic carbocycles. The molecule has 0 atom stereocenters. The second-order valence-corrected chi connectivity index (χ2v) is 4.29. The zero-order valence-corrected chi connectivity index (χ0v) is 9.49. The summed E-state index contributed by atoms with van der Waals surface area (Å²) in [6.07, 6.45) is 5.06. The van der Waals surface area contributed by atoms with Gasteiger partial charge in [0.2, 0.25) is 0 Å². The Labute approximate surface area is 91.4 Å². The van der Waals surface area contributed by atoms with E-state index in [0.29, 0.717) is 5.57 Å². The number of nitrogens with zero attached hydrogens (tertiary/aromatic N) is 2. The Kier molecular flexibility index (Phi) is 4.36. The predicted molar refractivity (Wildman–Crippen MR) is 59.0 cm³/mol. The van der Waals surface area contributed by atoms with Gasteiger partial charge in [-0.3, -0.25) is 4.79 Å². The van der Waals surface area contributed by atoms with Gasteiger partial charge >= 0.3 is 0 Å². The van der Waals surface area contributed by atoms with E-state index in [1.807, 2.05) is 19.9 Å². The Hall–Kier alpha value is -1.30. The summed E-state index contributed by atoms with van der Waals surface area (Å²) < 4.78 is 0. The molecule has 1 fully saturated rings. The van der Waals surface area contributed by atoms with Gasteiger partial charge in [0.1, 0.15) is 11.6 Å². The minimum atomic E-state index is -0.0918. The van der Waals surface area contributed by atoms with Crippen LogP contribution in [0.2, 0.25) is 0 Å². The molecule has 1 heterocycles. The highest BCUT2D eigenvalue weighted by atomic mass is 16.2. The Balaban J connectivity index is 2.68. The lowest BCUT2D eigenvalue weighted by Gasteiger charge is -2.26. The monoisotopic (exact) mass is 206 g/mol.